The first-order valence-electron chi connectivity index (χ1n) is 9.49. The number of rotatable bonds is 3. The summed E-state index contributed by atoms with van der Waals surface area (Å²) in [4.78, 5) is 12.3. The molecule has 3 aromatic rings. The van der Waals surface area contributed by atoms with E-state index in [4.69, 9.17) is 9.47 Å². The van der Waals surface area contributed by atoms with Crippen LogP contribution in [0, 0.1) is 6.92 Å². The predicted octanol–water partition coefficient (Wildman–Crippen LogP) is 3.61. The molecular formula is C22H20N4O3. The summed E-state index contributed by atoms with van der Waals surface area (Å²) in [5, 5.41) is 10.8. The zero-order chi connectivity index (χ0) is 20.0. The van der Waals surface area contributed by atoms with Crippen LogP contribution in [-0.2, 0) is 4.79 Å². The third-order valence-corrected chi connectivity index (χ3v) is 5.26. The molecule has 5 rings (SSSR count). The number of nitrogens with zero attached hydrogens (tertiary/aromatic N) is 4. The Morgan fingerprint density at radius 2 is 1.90 bits per heavy atom. The first kappa shape index (κ1) is 17.5. The number of aryl methyl sites for hydroxylation is 1. The van der Waals surface area contributed by atoms with Gasteiger partial charge in [-0.15, -0.1) is 0 Å². The van der Waals surface area contributed by atoms with Crippen LogP contribution in [0.1, 0.15) is 36.2 Å². The maximum Gasteiger partial charge on any atom is 0.240 e. The van der Waals surface area contributed by atoms with Crippen LogP contribution in [0.5, 0.6) is 11.5 Å². The van der Waals surface area contributed by atoms with Crippen LogP contribution in [0.15, 0.2) is 59.8 Å². The summed E-state index contributed by atoms with van der Waals surface area (Å²) in [7, 11) is 0. The largest absolute Gasteiger partial charge is 0.454 e. The van der Waals surface area contributed by atoms with E-state index in [2.05, 4.69) is 10.2 Å². The van der Waals surface area contributed by atoms with Crippen molar-refractivity contribution in [2.75, 3.05) is 6.79 Å². The fraction of sp³-hybridized carbons (Fsp3) is 0.227. The molecule has 2 aliphatic rings. The second-order valence-corrected chi connectivity index (χ2v) is 7.15. The molecular weight excluding hydrogens is 368 g/mol. The second kappa shape index (κ2) is 6.77. The lowest BCUT2D eigenvalue weighted by molar-refractivity contribution is -0.130. The molecule has 0 saturated carbocycles. The predicted molar refractivity (Wildman–Crippen MR) is 107 cm³/mol. The lowest BCUT2D eigenvalue weighted by Crippen LogP contribution is -2.24. The Bertz CT molecular complexity index is 1120. The van der Waals surface area contributed by atoms with E-state index in [1.807, 2.05) is 66.3 Å². The van der Waals surface area contributed by atoms with Crippen molar-refractivity contribution in [1.29, 1.82) is 0 Å². The SMILES string of the molecule is CC(=O)N1N=C(c2ccc3c(c2)OCO3)C[C@@H]1c1cn(-c2ccccc2)nc1C. The molecule has 3 heterocycles. The van der Waals surface area contributed by atoms with Crippen molar-refractivity contribution in [1.82, 2.24) is 14.8 Å². The minimum atomic E-state index is -0.189. The number of benzene rings is 2. The fourth-order valence-corrected chi connectivity index (χ4v) is 3.81. The molecule has 0 unspecified atom stereocenters. The quantitative estimate of drug-likeness (QED) is 0.687. The Morgan fingerprint density at radius 3 is 2.69 bits per heavy atom. The van der Waals surface area contributed by atoms with Gasteiger partial charge in [-0.3, -0.25) is 4.79 Å². The maximum atomic E-state index is 12.3. The van der Waals surface area contributed by atoms with E-state index >= 15 is 0 Å². The number of carbonyl (C=O) groups excluding carboxylic acids is 1. The molecule has 0 saturated heterocycles. The molecule has 0 N–H and O–H groups in total. The molecule has 2 aromatic carbocycles. The number of ether oxygens (including phenoxy) is 2. The first-order chi connectivity index (χ1) is 14.1. The average Bonchev–Trinajstić information content (AvgIpc) is 3.45. The Morgan fingerprint density at radius 1 is 1.10 bits per heavy atom. The van der Waals surface area contributed by atoms with Gasteiger partial charge in [0.05, 0.1) is 23.1 Å². The van der Waals surface area contributed by atoms with E-state index in [1.165, 1.54) is 6.92 Å². The van der Waals surface area contributed by atoms with Crippen LogP contribution in [0.2, 0.25) is 0 Å². The third kappa shape index (κ3) is 3.04. The molecule has 1 amide bonds. The van der Waals surface area contributed by atoms with Gasteiger partial charge in [-0.05, 0) is 37.3 Å². The van der Waals surface area contributed by atoms with Gasteiger partial charge in [-0.2, -0.15) is 10.2 Å². The summed E-state index contributed by atoms with van der Waals surface area (Å²) in [6.07, 6.45) is 2.60. The van der Waals surface area contributed by atoms with Crippen LogP contribution >= 0.6 is 0 Å². The Labute approximate surface area is 168 Å². The van der Waals surface area contributed by atoms with E-state index in [-0.39, 0.29) is 18.7 Å². The van der Waals surface area contributed by atoms with Gasteiger partial charge in [0, 0.05) is 30.7 Å². The summed E-state index contributed by atoms with van der Waals surface area (Å²) in [6.45, 7) is 3.73. The Kier molecular flexibility index (Phi) is 4.08. The number of carbonyl (C=O) groups is 1. The Hall–Kier alpha value is -3.61. The number of hydrogen-bond donors (Lipinski definition) is 0. The van der Waals surface area contributed by atoms with E-state index in [9.17, 15) is 4.79 Å². The fourth-order valence-electron chi connectivity index (χ4n) is 3.81. The highest BCUT2D eigenvalue weighted by atomic mass is 16.7. The van der Waals surface area contributed by atoms with Gasteiger partial charge in [0.2, 0.25) is 12.7 Å². The lowest BCUT2D eigenvalue weighted by atomic mass is 9.98. The molecule has 7 heteroatoms. The zero-order valence-corrected chi connectivity index (χ0v) is 16.2. The summed E-state index contributed by atoms with van der Waals surface area (Å²) < 4.78 is 12.7. The molecule has 146 valence electrons. The molecule has 0 radical (unpaired) electrons. The van der Waals surface area contributed by atoms with Crippen molar-refractivity contribution in [2.24, 2.45) is 5.10 Å². The van der Waals surface area contributed by atoms with E-state index in [0.717, 1.165) is 34.0 Å². The highest BCUT2D eigenvalue weighted by molar-refractivity contribution is 6.03. The van der Waals surface area contributed by atoms with Crippen LogP contribution in [0.4, 0.5) is 0 Å². The van der Waals surface area contributed by atoms with Gasteiger partial charge >= 0.3 is 0 Å². The molecule has 0 fully saturated rings. The standard InChI is InChI=1S/C22H20N4O3/c1-14-18(12-25(23-14)17-6-4-3-5-7-17)20-11-19(24-26(20)15(2)27)16-8-9-21-22(10-16)29-13-28-21/h3-10,12,20H,11,13H2,1-2H3/t20-/m1/s1. The highest BCUT2D eigenvalue weighted by Gasteiger charge is 2.34. The minimum Gasteiger partial charge on any atom is -0.454 e. The number of hydrogen-bond acceptors (Lipinski definition) is 5. The van der Waals surface area contributed by atoms with E-state index < -0.39 is 0 Å². The monoisotopic (exact) mass is 388 g/mol. The molecule has 2 aliphatic heterocycles. The number of amides is 1. The van der Waals surface area contributed by atoms with Crippen molar-refractivity contribution in [2.45, 2.75) is 26.3 Å². The molecule has 7 nitrogen and oxygen atoms in total. The first-order valence-corrected chi connectivity index (χ1v) is 9.49. The number of fused-ring (bicyclic) bond motifs is 1. The molecule has 1 aromatic heterocycles. The number of hydrazone groups is 1. The topological polar surface area (TPSA) is 69.0 Å². The third-order valence-electron chi connectivity index (χ3n) is 5.26. The molecule has 29 heavy (non-hydrogen) atoms. The number of para-hydroxylation sites is 1. The summed E-state index contributed by atoms with van der Waals surface area (Å²) >= 11 is 0. The summed E-state index contributed by atoms with van der Waals surface area (Å²) in [5.41, 5.74) is 4.62. The lowest BCUT2D eigenvalue weighted by Gasteiger charge is -2.19. The van der Waals surface area contributed by atoms with Gasteiger partial charge in [0.25, 0.3) is 0 Å². The van der Waals surface area contributed by atoms with Crippen LogP contribution in [-0.4, -0.2) is 33.2 Å². The van der Waals surface area contributed by atoms with Gasteiger partial charge in [0.15, 0.2) is 11.5 Å². The van der Waals surface area contributed by atoms with Gasteiger partial charge in [-0.25, -0.2) is 9.69 Å². The van der Waals surface area contributed by atoms with Gasteiger partial charge in [-0.1, -0.05) is 18.2 Å². The van der Waals surface area contributed by atoms with Crippen molar-refractivity contribution in [3.05, 3.63) is 71.5 Å². The van der Waals surface area contributed by atoms with Crippen molar-refractivity contribution in [3.8, 4) is 17.2 Å². The van der Waals surface area contributed by atoms with Crippen molar-refractivity contribution < 1.29 is 14.3 Å². The van der Waals surface area contributed by atoms with Crippen molar-refractivity contribution in [3.63, 3.8) is 0 Å². The smallest absolute Gasteiger partial charge is 0.240 e. The number of aromatic nitrogens is 2. The van der Waals surface area contributed by atoms with Crippen LogP contribution < -0.4 is 9.47 Å². The molecule has 0 aliphatic carbocycles. The normalized spacial score (nSPS) is 17.5. The zero-order valence-electron chi connectivity index (χ0n) is 16.2. The van der Waals surface area contributed by atoms with Crippen LogP contribution in [0.3, 0.4) is 0 Å². The van der Waals surface area contributed by atoms with Crippen molar-refractivity contribution >= 4 is 11.6 Å². The Balaban J connectivity index is 1.49. The summed E-state index contributed by atoms with van der Waals surface area (Å²) in [5.74, 6) is 1.33. The second-order valence-electron chi connectivity index (χ2n) is 7.15. The maximum absolute atomic E-state index is 12.3. The van der Waals surface area contributed by atoms with Gasteiger partial charge < -0.3 is 9.47 Å². The average molecular weight is 388 g/mol. The minimum absolute atomic E-state index is 0.0994. The van der Waals surface area contributed by atoms with E-state index in [0.29, 0.717) is 12.2 Å². The highest BCUT2D eigenvalue weighted by Crippen LogP contribution is 2.37. The molecule has 1 atom stereocenters. The summed E-state index contributed by atoms with van der Waals surface area (Å²) in [6, 6.07) is 15.5. The van der Waals surface area contributed by atoms with Crippen LogP contribution in [0.25, 0.3) is 5.69 Å². The van der Waals surface area contributed by atoms with Gasteiger partial charge in [0.1, 0.15) is 0 Å². The van der Waals surface area contributed by atoms with E-state index in [1.54, 1.807) is 5.01 Å². The molecule has 0 bridgehead atoms. The molecule has 0 spiro atoms.